The third-order valence-electron chi connectivity index (χ3n) is 2.90. The Labute approximate surface area is 92.1 Å². The van der Waals surface area contributed by atoms with Crippen LogP contribution in [0.1, 0.15) is 38.5 Å². The highest BCUT2D eigenvalue weighted by atomic mass is 19.4. The number of carboxylic acids is 1. The summed E-state index contributed by atoms with van der Waals surface area (Å²) in [5, 5.41) is 8.40. The second-order valence-corrected chi connectivity index (χ2v) is 4.21. The zero-order chi connectivity index (χ0) is 12.2. The highest BCUT2D eigenvalue weighted by Crippen LogP contribution is 2.35. The normalized spacial score (nSPS) is 19.8. The third kappa shape index (κ3) is 4.24. The van der Waals surface area contributed by atoms with E-state index in [-0.39, 0.29) is 12.3 Å². The highest BCUT2D eigenvalue weighted by Gasteiger charge is 2.35. The van der Waals surface area contributed by atoms with E-state index in [2.05, 4.69) is 0 Å². The van der Waals surface area contributed by atoms with Gasteiger partial charge in [0.15, 0.2) is 0 Å². The molecular weight excluding hydrogens is 221 g/mol. The van der Waals surface area contributed by atoms with Crippen LogP contribution in [0, 0.1) is 5.92 Å². The van der Waals surface area contributed by atoms with Gasteiger partial charge in [-0.1, -0.05) is 32.1 Å². The summed E-state index contributed by atoms with van der Waals surface area (Å²) < 4.78 is 37.5. The maximum Gasteiger partial charge on any atom is 0.412 e. The molecule has 1 aliphatic carbocycles. The molecule has 0 bridgehead atoms. The lowest BCUT2D eigenvalue weighted by molar-refractivity contribution is -0.132. The number of allylic oxidation sites excluding steroid dienone is 1. The summed E-state index contributed by atoms with van der Waals surface area (Å²) in [4.78, 5) is 10.3. The molecule has 16 heavy (non-hydrogen) atoms. The predicted molar refractivity (Wildman–Crippen MR) is 53.0 cm³/mol. The molecule has 1 N–H and O–H groups in total. The minimum absolute atomic E-state index is 0.0130. The van der Waals surface area contributed by atoms with Gasteiger partial charge in [0.25, 0.3) is 0 Å². The summed E-state index contributed by atoms with van der Waals surface area (Å²) in [5.41, 5.74) is -0.910. The first kappa shape index (κ1) is 13.1. The van der Waals surface area contributed by atoms with E-state index in [1.165, 1.54) is 0 Å². The fraction of sp³-hybridized carbons (Fsp3) is 0.727. The fourth-order valence-corrected chi connectivity index (χ4v) is 2.11. The van der Waals surface area contributed by atoms with Crippen molar-refractivity contribution in [2.75, 3.05) is 0 Å². The molecule has 0 amide bonds. The van der Waals surface area contributed by atoms with Crippen LogP contribution in [0.5, 0.6) is 0 Å². The van der Waals surface area contributed by atoms with Crippen LogP contribution in [0.4, 0.5) is 13.2 Å². The summed E-state index contributed by atoms with van der Waals surface area (Å²) in [5.74, 6) is -1.54. The van der Waals surface area contributed by atoms with Crippen molar-refractivity contribution in [2.45, 2.75) is 44.7 Å². The van der Waals surface area contributed by atoms with Gasteiger partial charge in [0, 0.05) is 11.6 Å². The number of carbonyl (C=O) groups is 1. The van der Waals surface area contributed by atoms with Gasteiger partial charge >= 0.3 is 12.1 Å². The largest absolute Gasteiger partial charge is 0.478 e. The van der Waals surface area contributed by atoms with Gasteiger partial charge < -0.3 is 5.11 Å². The van der Waals surface area contributed by atoms with E-state index in [0.29, 0.717) is 6.08 Å². The molecule has 0 spiro atoms. The van der Waals surface area contributed by atoms with Crippen molar-refractivity contribution in [3.63, 3.8) is 0 Å². The lowest BCUT2D eigenvalue weighted by Crippen LogP contribution is -2.18. The maximum atomic E-state index is 12.5. The van der Waals surface area contributed by atoms with Gasteiger partial charge in [0.2, 0.25) is 0 Å². The van der Waals surface area contributed by atoms with Crippen molar-refractivity contribution >= 4 is 5.97 Å². The Balaban J connectivity index is 2.67. The molecule has 5 heteroatoms. The molecule has 0 aromatic heterocycles. The number of rotatable bonds is 3. The first-order chi connectivity index (χ1) is 7.39. The highest BCUT2D eigenvalue weighted by molar-refractivity contribution is 5.80. The fourth-order valence-electron chi connectivity index (χ4n) is 2.11. The van der Waals surface area contributed by atoms with E-state index in [1.807, 2.05) is 0 Å². The van der Waals surface area contributed by atoms with Gasteiger partial charge in [0.05, 0.1) is 0 Å². The standard InChI is InChI=1S/C11H15F3O2/c12-11(13,14)9(7-10(15)16)6-8-4-2-1-3-5-8/h7-8H,1-6H2,(H,15,16)/b9-7+. The van der Waals surface area contributed by atoms with Crippen LogP contribution >= 0.6 is 0 Å². The summed E-state index contributed by atoms with van der Waals surface area (Å²) >= 11 is 0. The Kier molecular flexibility index (Phi) is 4.38. The van der Waals surface area contributed by atoms with E-state index < -0.39 is 17.7 Å². The Morgan fingerprint density at radius 1 is 1.25 bits per heavy atom. The summed E-state index contributed by atoms with van der Waals surface area (Å²) in [6, 6.07) is 0. The smallest absolute Gasteiger partial charge is 0.412 e. The van der Waals surface area contributed by atoms with Crippen LogP contribution in [0.3, 0.4) is 0 Å². The van der Waals surface area contributed by atoms with Crippen LogP contribution < -0.4 is 0 Å². The number of carboxylic acid groups (broad SMARTS) is 1. The minimum atomic E-state index is -4.52. The first-order valence-corrected chi connectivity index (χ1v) is 5.40. The second kappa shape index (κ2) is 5.37. The van der Waals surface area contributed by atoms with Gasteiger partial charge in [-0.2, -0.15) is 13.2 Å². The molecule has 0 radical (unpaired) electrons. The molecule has 1 saturated carbocycles. The Hall–Kier alpha value is -1.00. The maximum absolute atomic E-state index is 12.5. The van der Waals surface area contributed by atoms with Crippen molar-refractivity contribution in [3.05, 3.63) is 11.6 Å². The number of halogens is 3. The Morgan fingerprint density at radius 3 is 2.25 bits per heavy atom. The quantitative estimate of drug-likeness (QED) is 0.761. The molecule has 1 aliphatic rings. The van der Waals surface area contributed by atoms with Gasteiger partial charge in [0.1, 0.15) is 0 Å². The van der Waals surface area contributed by atoms with Crippen LogP contribution in [0.15, 0.2) is 11.6 Å². The van der Waals surface area contributed by atoms with Crippen LogP contribution in [-0.4, -0.2) is 17.3 Å². The molecule has 0 aliphatic heterocycles. The van der Waals surface area contributed by atoms with E-state index >= 15 is 0 Å². The molecule has 0 heterocycles. The lowest BCUT2D eigenvalue weighted by atomic mass is 9.84. The first-order valence-electron chi connectivity index (χ1n) is 5.40. The second-order valence-electron chi connectivity index (χ2n) is 4.21. The number of aliphatic carboxylic acids is 1. The monoisotopic (exact) mass is 236 g/mol. The molecule has 0 aromatic carbocycles. The molecule has 0 atom stereocenters. The average Bonchev–Trinajstić information content (AvgIpc) is 2.16. The van der Waals surface area contributed by atoms with Crippen molar-refractivity contribution in [1.82, 2.24) is 0 Å². The molecule has 92 valence electrons. The summed E-state index contributed by atoms with van der Waals surface area (Å²) in [7, 11) is 0. The molecule has 1 fully saturated rings. The van der Waals surface area contributed by atoms with E-state index in [9.17, 15) is 18.0 Å². The van der Waals surface area contributed by atoms with Crippen molar-refractivity contribution in [2.24, 2.45) is 5.92 Å². The molecule has 2 nitrogen and oxygen atoms in total. The average molecular weight is 236 g/mol. The number of alkyl halides is 3. The van der Waals surface area contributed by atoms with Crippen LogP contribution in [0.2, 0.25) is 0 Å². The SMILES string of the molecule is O=C(O)/C=C(\CC1CCCCC1)C(F)(F)F. The van der Waals surface area contributed by atoms with E-state index in [1.54, 1.807) is 0 Å². The van der Waals surface area contributed by atoms with Gasteiger partial charge in [-0.25, -0.2) is 4.79 Å². The number of hydrogen-bond acceptors (Lipinski definition) is 1. The molecule has 1 rings (SSSR count). The van der Waals surface area contributed by atoms with Crippen molar-refractivity contribution in [3.8, 4) is 0 Å². The van der Waals surface area contributed by atoms with Crippen molar-refractivity contribution in [1.29, 1.82) is 0 Å². The predicted octanol–water partition coefficient (Wildman–Crippen LogP) is 3.53. The van der Waals surface area contributed by atoms with E-state index in [0.717, 1.165) is 32.1 Å². The van der Waals surface area contributed by atoms with Crippen LogP contribution in [-0.2, 0) is 4.79 Å². The van der Waals surface area contributed by atoms with Crippen molar-refractivity contribution < 1.29 is 23.1 Å². The Morgan fingerprint density at radius 2 is 1.81 bits per heavy atom. The molecule has 0 unspecified atom stereocenters. The third-order valence-corrected chi connectivity index (χ3v) is 2.90. The molecular formula is C11H15F3O2. The molecule has 0 saturated heterocycles. The summed E-state index contributed by atoms with van der Waals surface area (Å²) in [6.07, 6.45) is 0.132. The number of hydrogen-bond donors (Lipinski definition) is 1. The zero-order valence-corrected chi connectivity index (χ0v) is 8.89. The minimum Gasteiger partial charge on any atom is -0.478 e. The van der Waals surface area contributed by atoms with Gasteiger partial charge in [-0.15, -0.1) is 0 Å². The Bertz CT molecular complexity index is 275. The van der Waals surface area contributed by atoms with Gasteiger partial charge in [-0.05, 0) is 12.3 Å². The van der Waals surface area contributed by atoms with Crippen LogP contribution in [0.25, 0.3) is 0 Å². The van der Waals surface area contributed by atoms with Gasteiger partial charge in [-0.3, -0.25) is 0 Å². The zero-order valence-electron chi connectivity index (χ0n) is 8.89. The summed E-state index contributed by atoms with van der Waals surface area (Å²) in [6.45, 7) is 0. The van der Waals surface area contributed by atoms with E-state index in [4.69, 9.17) is 5.11 Å². The molecule has 0 aromatic rings. The topological polar surface area (TPSA) is 37.3 Å². The lowest BCUT2D eigenvalue weighted by Gasteiger charge is -2.23.